The number of carbonyl (C=O) groups is 6. The van der Waals surface area contributed by atoms with Gasteiger partial charge >= 0.3 is 35.9 Å². The Labute approximate surface area is 263 Å². The zero-order chi connectivity index (χ0) is 33.2. The van der Waals surface area contributed by atoms with E-state index < -0.39 is 68.1 Å². The molecule has 1 amide bonds. The Kier molecular flexibility index (Phi) is 16.4. The normalized spacial score (nSPS) is 15.2. The number of hydrogen-bond donors (Lipinski definition) is 1. The van der Waals surface area contributed by atoms with E-state index in [9.17, 15) is 28.8 Å². The van der Waals surface area contributed by atoms with E-state index in [1.807, 2.05) is 0 Å². The molecular formula is C32H45NO12. The molecule has 0 bridgehead atoms. The highest BCUT2D eigenvalue weighted by molar-refractivity contribution is 5.89. The van der Waals surface area contributed by atoms with Crippen molar-refractivity contribution in [3.8, 4) is 0 Å². The lowest BCUT2D eigenvalue weighted by Crippen LogP contribution is -2.34. The molecule has 2 rings (SSSR count). The molecule has 0 unspecified atom stereocenters. The van der Waals surface area contributed by atoms with Crippen molar-refractivity contribution in [1.82, 2.24) is 5.32 Å². The van der Waals surface area contributed by atoms with Gasteiger partial charge in [-0.25, -0.2) is 19.2 Å². The van der Waals surface area contributed by atoms with Crippen LogP contribution in [-0.2, 0) is 52.4 Å². The minimum absolute atomic E-state index is 0.0634. The number of esters is 5. The van der Waals surface area contributed by atoms with E-state index in [4.69, 9.17) is 28.4 Å². The summed E-state index contributed by atoms with van der Waals surface area (Å²) >= 11 is 0. The number of hydrogen-bond acceptors (Lipinski definition) is 12. The van der Waals surface area contributed by atoms with Gasteiger partial charge < -0.3 is 33.7 Å². The fraction of sp³-hybridized carbons (Fsp3) is 0.625. The van der Waals surface area contributed by atoms with Gasteiger partial charge in [0, 0.05) is 5.57 Å². The van der Waals surface area contributed by atoms with Gasteiger partial charge in [0.15, 0.2) is 0 Å². The number of alkyl carbamates (subject to hydrolysis) is 1. The summed E-state index contributed by atoms with van der Waals surface area (Å²) in [5.74, 6) is -3.74. The Morgan fingerprint density at radius 1 is 0.667 bits per heavy atom. The van der Waals surface area contributed by atoms with Crippen LogP contribution in [0.4, 0.5) is 4.79 Å². The van der Waals surface area contributed by atoms with Crippen molar-refractivity contribution in [2.75, 3.05) is 26.4 Å². The van der Waals surface area contributed by atoms with Crippen molar-refractivity contribution in [2.24, 2.45) is 0 Å². The average Bonchev–Trinajstić information content (AvgIpc) is 3.01. The molecule has 0 aromatic rings. The average molecular weight is 636 g/mol. The molecule has 2 aliphatic carbocycles. The van der Waals surface area contributed by atoms with Gasteiger partial charge in [-0.2, -0.15) is 0 Å². The van der Waals surface area contributed by atoms with Crippen LogP contribution in [0.15, 0.2) is 36.5 Å². The lowest BCUT2D eigenvalue weighted by Gasteiger charge is -2.22. The van der Waals surface area contributed by atoms with Crippen LogP contribution in [0, 0.1) is 0 Å². The molecule has 2 saturated carbocycles. The number of rotatable bonds is 17. The summed E-state index contributed by atoms with van der Waals surface area (Å²) in [4.78, 5) is 73.5. The van der Waals surface area contributed by atoms with Crippen LogP contribution in [0.1, 0.15) is 84.0 Å². The van der Waals surface area contributed by atoms with E-state index in [-0.39, 0.29) is 42.1 Å². The van der Waals surface area contributed by atoms with Crippen molar-refractivity contribution in [2.45, 2.75) is 102 Å². The van der Waals surface area contributed by atoms with E-state index in [1.165, 1.54) is 6.92 Å². The first kappa shape index (κ1) is 37.0. The first-order chi connectivity index (χ1) is 21.4. The number of nitrogens with one attached hydrogen (secondary N) is 1. The number of carbonyl (C=O) groups excluding carboxylic acids is 6. The molecule has 0 saturated heterocycles. The van der Waals surface area contributed by atoms with Crippen molar-refractivity contribution < 1.29 is 57.2 Å². The van der Waals surface area contributed by atoms with Gasteiger partial charge in [0.05, 0.1) is 30.5 Å². The Morgan fingerprint density at radius 2 is 1.11 bits per heavy atom. The highest BCUT2D eigenvalue weighted by Gasteiger charge is 2.26. The molecule has 2 aliphatic rings. The summed E-state index contributed by atoms with van der Waals surface area (Å²) in [6.45, 7) is 11.0. The molecule has 0 heterocycles. The predicted molar refractivity (Wildman–Crippen MR) is 159 cm³/mol. The fourth-order valence-corrected chi connectivity index (χ4v) is 4.55. The smallest absolute Gasteiger partial charge is 0.407 e. The predicted octanol–water partition coefficient (Wildman–Crippen LogP) is 3.93. The van der Waals surface area contributed by atoms with E-state index in [0.29, 0.717) is 0 Å². The lowest BCUT2D eigenvalue weighted by atomic mass is 9.98. The topological polar surface area (TPSA) is 170 Å². The molecule has 13 heteroatoms. The maximum absolute atomic E-state index is 12.6. The summed E-state index contributed by atoms with van der Waals surface area (Å²) in [6, 6.07) is 0. The third kappa shape index (κ3) is 15.4. The Hall–Kier alpha value is -4.16. The molecule has 0 aliphatic heterocycles. The van der Waals surface area contributed by atoms with E-state index in [1.54, 1.807) is 0 Å². The first-order valence-electron chi connectivity index (χ1n) is 15.3. The van der Waals surface area contributed by atoms with Crippen molar-refractivity contribution in [1.29, 1.82) is 0 Å². The van der Waals surface area contributed by atoms with Crippen molar-refractivity contribution in [3.63, 3.8) is 0 Å². The Balaban J connectivity index is 1.86. The minimum Gasteiger partial charge on any atom is -0.460 e. The SMILES string of the molecule is C=C(C)C(=O)OCCNC(=O)OC(CC(=O)OCC(=C)C(=O)OC1CCCCC1)CC(=O)OCC(=C)C(=O)OC1CCCCC1. The van der Waals surface area contributed by atoms with Crippen molar-refractivity contribution in [3.05, 3.63) is 36.5 Å². The maximum atomic E-state index is 12.6. The molecule has 0 aromatic carbocycles. The van der Waals surface area contributed by atoms with Crippen LogP contribution in [0.2, 0.25) is 0 Å². The molecule has 250 valence electrons. The summed E-state index contributed by atoms with van der Waals surface area (Å²) < 4.78 is 31.1. The third-order valence-corrected chi connectivity index (χ3v) is 7.06. The molecule has 1 N–H and O–H groups in total. The second kappa shape index (κ2) is 20.0. The van der Waals surface area contributed by atoms with Gasteiger partial charge in [0.2, 0.25) is 0 Å². The van der Waals surface area contributed by atoms with Crippen LogP contribution >= 0.6 is 0 Å². The molecule has 13 nitrogen and oxygen atoms in total. The van der Waals surface area contributed by atoms with E-state index in [0.717, 1.165) is 64.2 Å². The van der Waals surface area contributed by atoms with Crippen LogP contribution in [-0.4, -0.2) is 80.6 Å². The second-order valence-electron chi connectivity index (χ2n) is 11.1. The monoisotopic (exact) mass is 635 g/mol. The van der Waals surface area contributed by atoms with Gasteiger partial charge in [0.1, 0.15) is 38.1 Å². The quantitative estimate of drug-likeness (QED) is 0.106. The van der Waals surface area contributed by atoms with Gasteiger partial charge in [-0.15, -0.1) is 0 Å². The standard InChI is InChI=1S/C32H45NO12/c1-21(2)29(36)40-16-15-33-32(39)45-26(17-27(34)41-19-22(3)30(37)43-24-11-7-5-8-12-24)18-28(35)42-20-23(4)31(38)44-25-13-9-6-10-14-25/h24-26H,1,3-20H2,2H3,(H,33,39). The summed E-state index contributed by atoms with van der Waals surface area (Å²) in [5.41, 5.74) is 0.0579. The molecular weight excluding hydrogens is 590 g/mol. The Bertz CT molecular complexity index is 1040. The zero-order valence-corrected chi connectivity index (χ0v) is 26.1. The summed E-state index contributed by atoms with van der Waals surface area (Å²) in [5, 5.41) is 2.34. The van der Waals surface area contributed by atoms with Crippen LogP contribution in [0.3, 0.4) is 0 Å². The first-order valence-corrected chi connectivity index (χ1v) is 15.3. The Morgan fingerprint density at radius 3 is 1.53 bits per heavy atom. The highest BCUT2D eigenvalue weighted by atomic mass is 16.6. The van der Waals surface area contributed by atoms with Gasteiger partial charge in [0.25, 0.3) is 0 Å². The highest BCUT2D eigenvalue weighted by Crippen LogP contribution is 2.22. The third-order valence-electron chi connectivity index (χ3n) is 7.06. The maximum Gasteiger partial charge on any atom is 0.407 e. The fourth-order valence-electron chi connectivity index (χ4n) is 4.55. The number of amides is 1. The molecule has 0 radical (unpaired) electrons. The van der Waals surface area contributed by atoms with Crippen molar-refractivity contribution >= 4 is 35.9 Å². The second-order valence-corrected chi connectivity index (χ2v) is 11.1. The van der Waals surface area contributed by atoms with Gasteiger partial charge in [-0.1, -0.05) is 32.6 Å². The summed E-state index contributed by atoms with van der Waals surface area (Å²) in [7, 11) is 0. The minimum atomic E-state index is -1.34. The lowest BCUT2D eigenvalue weighted by molar-refractivity contribution is -0.150. The molecule has 0 aromatic heterocycles. The summed E-state index contributed by atoms with van der Waals surface area (Å²) in [6.07, 6.45) is 5.23. The molecule has 2 fully saturated rings. The molecule has 0 atom stereocenters. The number of ether oxygens (including phenoxy) is 6. The van der Waals surface area contributed by atoms with Crippen LogP contribution in [0.5, 0.6) is 0 Å². The van der Waals surface area contributed by atoms with Crippen LogP contribution in [0.25, 0.3) is 0 Å². The molecule has 0 spiro atoms. The largest absolute Gasteiger partial charge is 0.460 e. The molecule has 45 heavy (non-hydrogen) atoms. The van der Waals surface area contributed by atoms with Gasteiger partial charge in [-0.05, 0) is 58.3 Å². The van der Waals surface area contributed by atoms with Gasteiger partial charge in [-0.3, -0.25) is 9.59 Å². The van der Waals surface area contributed by atoms with E-state index in [2.05, 4.69) is 25.1 Å². The zero-order valence-electron chi connectivity index (χ0n) is 26.1. The van der Waals surface area contributed by atoms with E-state index >= 15 is 0 Å². The van der Waals surface area contributed by atoms with Crippen LogP contribution < -0.4 is 5.32 Å².